The number of ether oxygens (including phenoxy) is 1. The van der Waals surface area contributed by atoms with Crippen molar-refractivity contribution >= 4 is 29.6 Å². The van der Waals surface area contributed by atoms with Crippen molar-refractivity contribution in [2.75, 3.05) is 11.9 Å². The van der Waals surface area contributed by atoms with E-state index in [2.05, 4.69) is 23.0 Å². The molecule has 0 radical (unpaired) electrons. The molecule has 2 amide bonds. The van der Waals surface area contributed by atoms with E-state index in [9.17, 15) is 9.59 Å². The Hall–Kier alpha value is -2.41. The molecule has 0 fully saturated rings. The Morgan fingerprint density at radius 2 is 1.79 bits per heavy atom. The molecule has 1 unspecified atom stereocenters. The number of aryl methyl sites for hydroxylation is 3. The standard InChI is InChI=1S/C27H34N2O4S/c1-4-32-22(30)15-27(3)13-7-12-21-23(27)16(2)25(33-21)34-29-26(31)28-24-19-10-5-8-17(19)14-18-9-6-11-20(18)24/h14H,4-13,15H2,1-3H3,(H2,28,29,31). The average molecular weight is 483 g/mol. The second kappa shape index (κ2) is 9.33. The molecule has 0 saturated heterocycles. The van der Waals surface area contributed by atoms with Gasteiger partial charge in [-0.3, -0.25) is 9.52 Å². The van der Waals surface area contributed by atoms with Gasteiger partial charge in [0.05, 0.1) is 13.0 Å². The highest BCUT2D eigenvalue weighted by Gasteiger charge is 2.39. The number of benzene rings is 1. The molecular formula is C27H34N2O4S. The molecule has 1 aromatic heterocycles. The van der Waals surface area contributed by atoms with E-state index in [0.29, 0.717) is 18.1 Å². The van der Waals surface area contributed by atoms with E-state index in [-0.39, 0.29) is 17.4 Å². The Labute approximate surface area is 205 Å². The van der Waals surface area contributed by atoms with Crippen LogP contribution in [0.5, 0.6) is 0 Å². The molecule has 0 aliphatic heterocycles. The van der Waals surface area contributed by atoms with E-state index in [4.69, 9.17) is 9.15 Å². The smallest absolute Gasteiger partial charge is 0.329 e. The molecule has 0 saturated carbocycles. The zero-order valence-corrected chi connectivity index (χ0v) is 21.2. The van der Waals surface area contributed by atoms with Crippen molar-refractivity contribution in [3.63, 3.8) is 0 Å². The van der Waals surface area contributed by atoms with E-state index < -0.39 is 0 Å². The topological polar surface area (TPSA) is 80.6 Å². The molecule has 3 aliphatic carbocycles. The third kappa shape index (κ3) is 4.23. The van der Waals surface area contributed by atoms with Gasteiger partial charge in [-0.2, -0.15) is 0 Å². The molecule has 7 heteroatoms. The third-order valence-corrected chi connectivity index (χ3v) is 8.56. The van der Waals surface area contributed by atoms with Crippen LogP contribution in [-0.2, 0) is 47.1 Å². The van der Waals surface area contributed by atoms with Crippen LogP contribution in [0.25, 0.3) is 0 Å². The molecule has 3 aliphatic rings. The normalized spacial score (nSPS) is 20.4. The van der Waals surface area contributed by atoms with Crippen LogP contribution in [0.4, 0.5) is 10.5 Å². The SMILES string of the molecule is CCOC(=O)CC1(C)CCCc2oc(SNC(=O)Nc3c4c(cc5c3CCC5)CCC4)c(C)c21. The van der Waals surface area contributed by atoms with Crippen molar-refractivity contribution in [1.29, 1.82) is 0 Å². The van der Waals surface area contributed by atoms with Gasteiger partial charge in [0.1, 0.15) is 5.76 Å². The first kappa shape index (κ1) is 23.3. The van der Waals surface area contributed by atoms with Crippen LogP contribution in [0.3, 0.4) is 0 Å². The Kier molecular flexibility index (Phi) is 6.40. The lowest BCUT2D eigenvalue weighted by molar-refractivity contribution is -0.144. The Morgan fingerprint density at radius 1 is 1.09 bits per heavy atom. The fourth-order valence-corrected chi connectivity index (χ4v) is 6.92. The molecule has 1 aromatic carbocycles. The molecule has 1 atom stereocenters. The summed E-state index contributed by atoms with van der Waals surface area (Å²) in [5, 5.41) is 3.87. The van der Waals surface area contributed by atoms with Crippen molar-refractivity contribution in [3.8, 4) is 0 Å². The quantitative estimate of drug-likeness (QED) is 0.393. The van der Waals surface area contributed by atoms with Crippen molar-refractivity contribution < 1.29 is 18.7 Å². The summed E-state index contributed by atoms with van der Waals surface area (Å²) in [5.74, 6) is 0.757. The number of esters is 1. The molecule has 34 heavy (non-hydrogen) atoms. The Balaban J connectivity index is 1.31. The molecule has 5 rings (SSSR count). The van der Waals surface area contributed by atoms with Crippen molar-refractivity contribution in [2.45, 2.75) is 95.5 Å². The lowest BCUT2D eigenvalue weighted by Gasteiger charge is -2.33. The van der Waals surface area contributed by atoms with Gasteiger partial charge in [-0.05, 0) is 87.5 Å². The fraction of sp³-hybridized carbons (Fsp3) is 0.556. The maximum atomic E-state index is 12.9. The average Bonchev–Trinajstić information content (AvgIpc) is 3.51. The van der Waals surface area contributed by atoms with Crippen molar-refractivity contribution in [1.82, 2.24) is 4.72 Å². The van der Waals surface area contributed by atoms with Gasteiger partial charge in [0.15, 0.2) is 5.09 Å². The number of anilines is 1. The Bertz CT molecular complexity index is 1110. The zero-order valence-electron chi connectivity index (χ0n) is 20.4. The van der Waals surface area contributed by atoms with E-state index >= 15 is 0 Å². The monoisotopic (exact) mass is 482 g/mol. The molecule has 6 nitrogen and oxygen atoms in total. The van der Waals surface area contributed by atoms with Gasteiger partial charge in [-0.15, -0.1) is 0 Å². The second-order valence-electron chi connectivity index (χ2n) is 10.1. The summed E-state index contributed by atoms with van der Waals surface area (Å²) in [6.45, 7) is 6.37. The molecule has 2 N–H and O–H groups in total. The minimum Gasteiger partial charge on any atom is -0.466 e. The predicted molar refractivity (Wildman–Crippen MR) is 133 cm³/mol. The van der Waals surface area contributed by atoms with Gasteiger partial charge in [0, 0.05) is 40.6 Å². The number of amides is 2. The van der Waals surface area contributed by atoms with Gasteiger partial charge in [-0.1, -0.05) is 13.0 Å². The molecule has 1 heterocycles. The van der Waals surface area contributed by atoms with Gasteiger partial charge in [-0.25, -0.2) is 4.79 Å². The summed E-state index contributed by atoms with van der Waals surface area (Å²) < 4.78 is 14.4. The first-order chi connectivity index (χ1) is 16.4. The lowest BCUT2D eigenvalue weighted by Crippen LogP contribution is -2.31. The summed E-state index contributed by atoms with van der Waals surface area (Å²) in [6, 6.07) is 2.15. The van der Waals surface area contributed by atoms with Gasteiger partial charge >= 0.3 is 12.0 Å². The van der Waals surface area contributed by atoms with Crippen LogP contribution in [0.2, 0.25) is 0 Å². The number of carbonyl (C=O) groups is 2. The van der Waals surface area contributed by atoms with Crippen LogP contribution >= 0.6 is 11.9 Å². The van der Waals surface area contributed by atoms with Crippen molar-refractivity contribution in [2.24, 2.45) is 0 Å². The summed E-state index contributed by atoms with van der Waals surface area (Å²) in [5.41, 5.74) is 8.29. The molecule has 0 spiro atoms. The molecule has 182 valence electrons. The number of hydrogen-bond acceptors (Lipinski definition) is 5. The largest absolute Gasteiger partial charge is 0.466 e. The minimum absolute atomic E-state index is 0.173. The maximum Gasteiger partial charge on any atom is 0.329 e. The highest BCUT2D eigenvalue weighted by molar-refractivity contribution is 7.97. The predicted octanol–water partition coefficient (Wildman–Crippen LogP) is 5.94. The number of nitrogens with one attached hydrogen (secondary N) is 2. The number of hydrogen-bond donors (Lipinski definition) is 2. The fourth-order valence-electron chi connectivity index (χ4n) is 6.28. The number of urea groups is 1. The molecule has 2 aromatic rings. The van der Waals surface area contributed by atoms with E-state index in [0.717, 1.165) is 80.4 Å². The van der Waals surface area contributed by atoms with E-state index in [1.165, 1.54) is 34.2 Å². The van der Waals surface area contributed by atoms with E-state index in [1.54, 1.807) is 0 Å². The third-order valence-electron chi connectivity index (χ3n) is 7.70. The molecule has 0 bridgehead atoms. The summed E-state index contributed by atoms with van der Waals surface area (Å²) >= 11 is 1.22. The maximum absolute atomic E-state index is 12.9. The summed E-state index contributed by atoms with van der Waals surface area (Å²) in [4.78, 5) is 25.2. The Morgan fingerprint density at radius 3 is 2.47 bits per heavy atom. The van der Waals surface area contributed by atoms with E-state index in [1.807, 2.05) is 13.8 Å². The number of furan rings is 1. The van der Waals surface area contributed by atoms with Crippen LogP contribution < -0.4 is 10.0 Å². The number of fused-ring (bicyclic) bond motifs is 3. The first-order valence-electron chi connectivity index (χ1n) is 12.6. The van der Waals surface area contributed by atoms with Gasteiger partial charge in [0.25, 0.3) is 0 Å². The number of carbonyl (C=O) groups excluding carboxylic acids is 2. The highest BCUT2D eigenvalue weighted by Crippen LogP contribution is 2.46. The lowest BCUT2D eigenvalue weighted by atomic mass is 9.70. The van der Waals surface area contributed by atoms with Gasteiger partial charge in [0.2, 0.25) is 0 Å². The molecular weight excluding hydrogens is 448 g/mol. The van der Waals surface area contributed by atoms with Gasteiger partial charge < -0.3 is 14.5 Å². The van der Waals surface area contributed by atoms with Crippen LogP contribution in [0.1, 0.15) is 85.1 Å². The number of rotatable bonds is 6. The zero-order chi connectivity index (χ0) is 23.9. The second-order valence-corrected chi connectivity index (χ2v) is 10.9. The first-order valence-corrected chi connectivity index (χ1v) is 13.4. The van der Waals surface area contributed by atoms with Crippen LogP contribution in [0.15, 0.2) is 15.6 Å². The van der Waals surface area contributed by atoms with Crippen molar-refractivity contribution in [3.05, 3.63) is 45.2 Å². The van der Waals surface area contributed by atoms with Crippen LogP contribution in [0, 0.1) is 6.92 Å². The summed E-state index contributed by atoms with van der Waals surface area (Å²) in [7, 11) is 0. The highest BCUT2D eigenvalue weighted by atomic mass is 32.2. The summed E-state index contributed by atoms with van der Waals surface area (Å²) in [6.07, 6.45) is 9.68. The minimum atomic E-state index is -0.306. The van der Waals surface area contributed by atoms with Crippen LogP contribution in [-0.4, -0.2) is 18.6 Å².